The summed E-state index contributed by atoms with van der Waals surface area (Å²) in [7, 11) is 0. The van der Waals surface area contributed by atoms with Gasteiger partial charge in [-0.25, -0.2) is 0 Å². The summed E-state index contributed by atoms with van der Waals surface area (Å²) in [6, 6.07) is 10.1. The lowest BCUT2D eigenvalue weighted by atomic mass is 9.88. The first kappa shape index (κ1) is 16.5. The van der Waals surface area contributed by atoms with Gasteiger partial charge >= 0.3 is 5.97 Å². The molecule has 1 aliphatic rings. The molecular formula is C18H25NO3. The second kappa shape index (κ2) is 7.43. The largest absolute Gasteiger partial charge is 0.481 e. The Hall–Kier alpha value is -1.84. The van der Waals surface area contributed by atoms with E-state index >= 15 is 0 Å². The van der Waals surface area contributed by atoms with Gasteiger partial charge in [-0.05, 0) is 30.2 Å². The number of hydrogen-bond donors (Lipinski definition) is 1. The van der Waals surface area contributed by atoms with E-state index in [1.54, 1.807) is 4.90 Å². The Morgan fingerprint density at radius 3 is 2.55 bits per heavy atom. The van der Waals surface area contributed by atoms with E-state index in [2.05, 4.69) is 19.1 Å². The standard InChI is InChI=1S/C18H25NO3/c1-3-14(15-7-5-4-6-8-15)10-17(20)19-11-13(2)9-16(12-19)18(21)22/h4-8,13-14,16H,3,9-12H2,1-2H3,(H,21,22). The zero-order valence-electron chi connectivity index (χ0n) is 13.4. The summed E-state index contributed by atoms with van der Waals surface area (Å²) >= 11 is 0. The lowest BCUT2D eigenvalue weighted by molar-refractivity contribution is -0.147. The zero-order valence-corrected chi connectivity index (χ0v) is 13.4. The molecule has 1 aromatic rings. The van der Waals surface area contributed by atoms with Crippen LogP contribution >= 0.6 is 0 Å². The van der Waals surface area contributed by atoms with Crippen LogP contribution in [-0.4, -0.2) is 35.0 Å². The first-order chi connectivity index (χ1) is 10.5. The Kier molecular flexibility index (Phi) is 5.58. The van der Waals surface area contributed by atoms with Gasteiger partial charge in [0.1, 0.15) is 0 Å². The SMILES string of the molecule is CCC(CC(=O)N1CC(C)CC(C(=O)O)C1)c1ccccc1. The van der Waals surface area contributed by atoms with Gasteiger partial charge < -0.3 is 10.0 Å². The van der Waals surface area contributed by atoms with Gasteiger partial charge in [-0.2, -0.15) is 0 Å². The zero-order chi connectivity index (χ0) is 16.1. The van der Waals surface area contributed by atoms with Crippen molar-refractivity contribution in [1.82, 2.24) is 4.90 Å². The van der Waals surface area contributed by atoms with Gasteiger partial charge in [-0.3, -0.25) is 9.59 Å². The number of carboxylic acids is 1. The second-order valence-corrected chi connectivity index (χ2v) is 6.39. The summed E-state index contributed by atoms with van der Waals surface area (Å²) in [6.07, 6.45) is 2.02. The molecule has 0 saturated carbocycles. The molecule has 2 rings (SSSR count). The molecular weight excluding hydrogens is 278 g/mol. The quantitative estimate of drug-likeness (QED) is 0.909. The predicted molar refractivity (Wildman–Crippen MR) is 85.6 cm³/mol. The minimum Gasteiger partial charge on any atom is -0.481 e. The van der Waals surface area contributed by atoms with Crippen molar-refractivity contribution in [1.29, 1.82) is 0 Å². The van der Waals surface area contributed by atoms with Crippen molar-refractivity contribution in [2.24, 2.45) is 11.8 Å². The third kappa shape index (κ3) is 4.09. The number of carbonyl (C=O) groups is 2. The Bertz CT molecular complexity index is 514. The highest BCUT2D eigenvalue weighted by molar-refractivity contribution is 5.78. The van der Waals surface area contributed by atoms with Crippen molar-refractivity contribution < 1.29 is 14.7 Å². The highest BCUT2D eigenvalue weighted by atomic mass is 16.4. The van der Waals surface area contributed by atoms with Crippen LogP contribution in [0.15, 0.2) is 30.3 Å². The number of carboxylic acid groups (broad SMARTS) is 1. The van der Waals surface area contributed by atoms with Crippen molar-refractivity contribution >= 4 is 11.9 Å². The first-order valence-electron chi connectivity index (χ1n) is 8.06. The van der Waals surface area contributed by atoms with Crippen LogP contribution in [0.25, 0.3) is 0 Å². The normalized spacial score (nSPS) is 23.1. The third-order valence-electron chi connectivity index (χ3n) is 4.55. The lowest BCUT2D eigenvalue weighted by Crippen LogP contribution is -2.45. The topological polar surface area (TPSA) is 57.6 Å². The molecule has 1 aromatic carbocycles. The van der Waals surface area contributed by atoms with Crippen LogP contribution in [0.2, 0.25) is 0 Å². The van der Waals surface area contributed by atoms with E-state index < -0.39 is 11.9 Å². The van der Waals surface area contributed by atoms with Gasteiger partial charge in [0, 0.05) is 19.5 Å². The van der Waals surface area contributed by atoms with Crippen LogP contribution in [0.5, 0.6) is 0 Å². The summed E-state index contributed by atoms with van der Waals surface area (Å²) in [5, 5.41) is 9.22. The Labute approximate surface area is 132 Å². The Morgan fingerprint density at radius 2 is 1.95 bits per heavy atom. The molecule has 1 heterocycles. The highest BCUT2D eigenvalue weighted by Crippen LogP contribution is 2.27. The molecule has 1 fully saturated rings. The lowest BCUT2D eigenvalue weighted by Gasteiger charge is -2.35. The van der Waals surface area contributed by atoms with E-state index in [4.69, 9.17) is 0 Å². The molecule has 0 spiro atoms. The van der Waals surface area contributed by atoms with Crippen molar-refractivity contribution in [2.75, 3.05) is 13.1 Å². The predicted octanol–water partition coefficient (Wildman–Crippen LogP) is 3.14. The van der Waals surface area contributed by atoms with Gasteiger partial charge in [0.25, 0.3) is 0 Å². The van der Waals surface area contributed by atoms with Crippen molar-refractivity contribution in [3.8, 4) is 0 Å². The molecule has 0 aromatic heterocycles. The summed E-state index contributed by atoms with van der Waals surface area (Å²) in [5.41, 5.74) is 1.18. The number of hydrogen-bond acceptors (Lipinski definition) is 2. The fourth-order valence-corrected chi connectivity index (χ4v) is 3.30. The monoisotopic (exact) mass is 303 g/mol. The average Bonchev–Trinajstić information content (AvgIpc) is 2.52. The van der Waals surface area contributed by atoms with Crippen LogP contribution in [0, 0.1) is 11.8 Å². The van der Waals surface area contributed by atoms with Crippen LogP contribution < -0.4 is 0 Å². The Morgan fingerprint density at radius 1 is 1.27 bits per heavy atom. The molecule has 120 valence electrons. The van der Waals surface area contributed by atoms with Crippen LogP contribution in [0.4, 0.5) is 0 Å². The molecule has 0 radical (unpaired) electrons. The average molecular weight is 303 g/mol. The van der Waals surface area contributed by atoms with Crippen LogP contribution in [0.3, 0.4) is 0 Å². The van der Waals surface area contributed by atoms with Gasteiger partial charge in [-0.1, -0.05) is 44.2 Å². The molecule has 22 heavy (non-hydrogen) atoms. The molecule has 1 aliphatic heterocycles. The number of benzene rings is 1. The molecule has 1 amide bonds. The summed E-state index contributed by atoms with van der Waals surface area (Å²) in [5.74, 6) is -0.692. The fraction of sp³-hybridized carbons (Fsp3) is 0.556. The minimum absolute atomic E-state index is 0.0773. The Balaban J connectivity index is 2.02. The number of rotatable bonds is 5. The number of amides is 1. The van der Waals surface area contributed by atoms with E-state index in [1.165, 1.54) is 5.56 Å². The molecule has 4 nitrogen and oxygen atoms in total. The van der Waals surface area contributed by atoms with Crippen LogP contribution in [0.1, 0.15) is 44.6 Å². The van der Waals surface area contributed by atoms with Crippen molar-refractivity contribution in [2.45, 2.75) is 39.0 Å². The van der Waals surface area contributed by atoms with E-state index in [0.29, 0.717) is 25.9 Å². The second-order valence-electron chi connectivity index (χ2n) is 6.39. The fourth-order valence-electron chi connectivity index (χ4n) is 3.30. The maximum atomic E-state index is 12.6. The van der Waals surface area contributed by atoms with Gasteiger partial charge in [0.2, 0.25) is 5.91 Å². The molecule has 3 atom stereocenters. The van der Waals surface area contributed by atoms with Gasteiger partial charge in [0.15, 0.2) is 0 Å². The maximum absolute atomic E-state index is 12.6. The molecule has 0 aliphatic carbocycles. The number of carbonyl (C=O) groups excluding carboxylic acids is 1. The summed E-state index contributed by atoms with van der Waals surface area (Å²) < 4.78 is 0. The number of nitrogens with zero attached hydrogens (tertiary/aromatic N) is 1. The molecule has 1 saturated heterocycles. The first-order valence-corrected chi connectivity index (χ1v) is 8.06. The number of aliphatic carboxylic acids is 1. The maximum Gasteiger partial charge on any atom is 0.308 e. The molecule has 4 heteroatoms. The molecule has 1 N–H and O–H groups in total. The summed E-state index contributed by atoms with van der Waals surface area (Å²) in [4.78, 5) is 25.6. The molecule has 3 unspecified atom stereocenters. The van der Waals surface area contributed by atoms with Crippen molar-refractivity contribution in [3.05, 3.63) is 35.9 Å². The number of piperidine rings is 1. The highest BCUT2D eigenvalue weighted by Gasteiger charge is 2.32. The minimum atomic E-state index is -0.792. The van der Waals surface area contributed by atoms with E-state index in [1.807, 2.05) is 25.1 Å². The van der Waals surface area contributed by atoms with Crippen LogP contribution in [-0.2, 0) is 9.59 Å². The number of likely N-dealkylation sites (tertiary alicyclic amines) is 1. The van der Waals surface area contributed by atoms with E-state index in [-0.39, 0.29) is 17.7 Å². The van der Waals surface area contributed by atoms with Gasteiger partial charge in [0.05, 0.1) is 5.92 Å². The smallest absolute Gasteiger partial charge is 0.308 e. The van der Waals surface area contributed by atoms with E-state index in [0.717, 1.165) is 6.42 Å². The van der Waals surface area contributed by atoms with E-state index in [9.17, 15) is 14.7 Å². The van der Waals surface area contributed by atoms with Crippen molar-refractivity contribution in [3.63, 3.8) is 0 Å². The van der Waals surface area contributed by atoms with Gasteiger partial charge in [-0.15, -0.1) is 0 Å². The third-order valence-corrected chi connectivity index (χ3v) is 4.55. The molecule has 0 bridgehead atoms. The summed E-state index contributed by atoms with van der Waals surface area (Å²) in [6.45, 7) is 5.13.